The Morgan fingerprint density at radius 1 is 0.925 bits per heavy atom. The smallest absolute Gasteiger partial charge is 0.214 e. The number of aromatic amines is 1. The monoisotopic (exact) mass is 532 g/mol. The van der Waals surface area contributed by atoms with E-state index in [-0.39, 0.29) is 11.6 Å². The van der Waals surface area contributed by atoms with Gasteiger partial charge in [0.25, 0.3) is 0 Å². The molecule has 0 saturated carbocycles. The van der Waals surface area contributed by atoms with Crippen LogP contribution in [0.5, 0.6) is 11.5 Å². The van der Waals surface area contributed by atoms with E-state index in [0.717, 1.165) is 50.7 Å². The summed E-state index contributed by atoms with van der Waals surface area (Å²) >= 11 is 0. The van der Waals surface area contributed by atoms with Crippen molar-refractivity contribution in [3.05, 3.63) is 108 Å². The number of methoxy groups -OCH3 is 2. The quantitative estimate of drug-likeness (QED) is 0.254. The minimum atomic E-state index is -0.213. The Bertz CT molecular complexity index is 1830. The Balaban J connectivity index is 1.38. The predicted octanol–water partition coefficient (Wildman–Crippen LogP) is 5.40. The second kappa shape index (κ2) is 10.1. The minimum Gasteiger partial charge on any atom is -0.497 e. The van der Waals surface area contributed by atoms with Gasteiger partial charge in [0.05, 0.1) is 48.4 Å². The maximum absolute atomic E-state index is 14.0. The first-order chi connectivity index (χ1) is 19.4. The number of hydrogen-bond donors (Lipinski definition) is 2. The zero-order valence-electron chi connectivity index (χ0n) is 22.4. The standard InChI is InChI=1S/C31H28N6O3/c1-19-34-27-13-8-23(15-28(27)35-19)37-31(32)26(16-33-37)30(38)29-14-22(21-6-11-25(40-3)12-7-21)18-36(29)17-20-4-9-24(39-2)10-5-20/h4-16,18H,17,32H2,1-3H3,(H,34,35). The molecule has 200 valence electrons. The second-order valence-corrected chi connectivity index (χ2v) is 9.53. The Hall–Kier alpha value is -5.31. The summed E-state index contributed by atoms with van der Waals surface area (Å²) in [5, 5.41) is 4.46. The van der Waals surface area contributed by atoms with E-state index >= 15 is 0 Å². The van der Waals surface area contributed by atoms with Gasteiger partial charge in [-0.05, 0) is 66.6 Å². The Morgan fingerprint density at radius 2 is 1.62 bits per heavy atom. The zero-order valence-corrected chi connectivity index (χ0v) is 22.4. The van der Waals surface area contributed by atoms with Crippen LogP contribution in [0.3, 0.4) is 0 Å². The number of ketones is 1. The molecule has 0 unspecified atom stereocenters. The number of benzene rings is 3. The molecule has 9 heteroatoms. The van der Waals surface area contributed by atoms with Gasteiger partial charge >= 0.3 is 0 Å². The fourth-order valence-corrected chi connectivity index (χ4v) is 4.83. The molecule has 0 amide bonds. The average molecular weight is 533 g/mol. The number of nitrogens with two attached hydrogens (primary N) is 1. The maximum atomic E-state index is 14.0. The molecule has 0 saturated heterocycles. The Morgan fingerprint density at radius 3 is 2.33 bits per heavy atom. The SMILES string of the molecule is COc1ccc(Cn2cc(-c3ccc(OC)cc3)cc2C(=O)c2cnn(-c3ccc4nc(C)[nH]c4c3)c2N)cc1. The lowest BCUT2D eigenvalue weighted by atomic mass is 10.1. The van der Waals surface area contributed by atoms with Crippen LogP contribution < -0.4 is 15.2 Å². The minimum absolute atomic E-state index is 0.213. The van der Waals surface area contributed by atoms with Gasteiger partial charge in [0.15, 0.2) is 0 Å². The third-order valence-electron chi connectivity index (χ3n) is 6.94. The summed E-state index contributed by atoms with van der Waals surface area (Å²) in [4.78, 5) is 21.6. The van der Waals surface area contributed by atoms with Crippen molar-refractivity contribution in [3.8, 4) is 28.3 Å². The lowest BCUT2D eigenvalue weighted by Crippen LogP contribution is -2.12. The first-order valence-corrected chi connectivity index (χ1v) is 12.8. The summed E-state index contributed by atoms with van der Waals surface area (Å²) < 4.78 is 14.1. The molecule has 0 aliphatic rings. The molecule has 6 aromatic rings. The van der Waals surface area contributed by atoms with Crippen molar-refractivity contribution in [1.82, 2.24) is 24.3 Å². The van der Waals surface area contributed by atoms with Gasteiger partial charge in [-0.25, -0.2) is 9.67 Å². The van der Waals surface area contributed by atoms with E-state index in [9.17, 15) is 4.79 Å². The molecule has 3 N–H and O–H groups in total. The largest absolute Gasteiger partial charge is 0.497 e. The highest BCUT2D eigenvalue weighted by Gasteiger charge is 2.22. The summed E-state index contributed by atoms with van der Waals surface area (Å²) in [6.07, 6.45) is 3.51. The highest BCUT2D eigenvalue weighted by Crippen LogP contribution is 2.29. The lowest BCUT2D eigenvalue weighted by molar-refractivity contribution is 0.103. The summed E-state index contributed by atoms with van der Waals surface area (Å²) in [6.45, 7) is 2.39. The van der Waals surface area contributed by atoms with Crippen molar-refractivity contribution in [2.24, 2.45) is 0 Å². The van der Waals surface area contributed by atoms with E-state index in [2.05, 4.69) is 15.1 Å². The van der Waals surface area contributed by atoms with Crippen LogP contribution in [-0.2, 0) is 6.54 Å². The number of ether oxygens (including phenoxy) is 2. The van der Waals surface area contributed by atoms with Crippen LogP contribution in [0.4, 0.5) is 5.82 Å². The van der Waals surface area contributed by atoms with Crippen LogP contribution in [0.2, 0.25) is 0 Å². The molecule has 0 aliphatic heterocycles. The summed E-state index contributed by atoms with van der Waals surface area (Å²) in [7, 11) is 3.27. The number of rotatable bonds is 8. The number of carbonyl (C=O) groups is 1. The number of aryl methyl sites for hydroxylation is 1. The summed E-state index contributed by atoms with van der Waals surface area (Å²) in [5.74, 6) is 2.41. The molecule has 6 rings (SSSR count). The molecule has 0 spiro atoms. The van der Waals surface area contributed by atoms with E-state index in [1.54, 1.807) is 18.9 Å². The normalized spacial score (nSPS) is 11.2. The fourth-order valence-electron chi connectivity index (χ4n) is 4.83. The second-order valence-electron chi connectivity index (χ2n) is 9.53. The first kappa shape index (κ1) is 25.0. The van der Waals surface area contributed by atoms with Gasteiger partial charge in [-0.2, -0.15) is 5.10 Å². The van der Waals surface area contributed by atoms with Gasteiger partial charge in [0.1, 0.15) is 23.1 Å². The highest BCUT2D eigenvalue weighted by molar-refractivity contribution is 6.11. The van der Waals surface area contributed by atoms with Crippen LogP contribution in [0.15, 0.2) is 85.2 Å². The molecule has 0 aliphatic carbocycles. The molecular weight excluding hydrogens is 504 g/mol. The number of imidazole rings is 1. The summed E-state index contributed by atoms with van der Waals surface area (Å²) in [5.41, 5.74) is 12.7. The van der Waals surface area contributed by atoms with Crippen molar-refractivity contribution < 1.29 is 14.3 Å². The van der Waals surface area contributed by atoms with Crippen molar-refractivity contribution in [1.29, 1.82) is 0 Å². The van der Waals surface area contributed by atoms with Gasteiger partial charge in [0, 0.05) is 18.3 Å². The predicted molar refractivity (Wildman–Crippen MR) is 154 cm³/mol. The Labute approximate surface area is 230 Å². The average Bonchev–Trinajstić information content (AvgIpc) is 3.68. The molecule has 3 aromatic carbocycles. The van der Waals surface area contributed by atoms with Crippen molar-refractivity contribution in [2.75, 3.05) is 20.0 Å². The van der Waals surface area contributed by atoms with Gasteiger partial charge in [-0.15, -0.1) is 0 Å². The van der Waals surface area contributed by atoms with E-state index in [1.807, 2.05) is 90.5 Å². The number of anilines is 1. The maximum Gasteiger partial charge on any atom is 0.214 e. The molecule has 3 aromatic heterocycles. The van der Waals surface area contributed by atoms with Crippen LogP contribution >= 0.6 is 0 Å². The van der Waals surface area contributed by atoms with Crippen molar-refractivity contribution in [2.45, 2.75) is 13.5 Å². The van der Waals surface area contributed by atoms with Crippen molar-refractivity contribution in [3.63, 3.8) is 0 Å². The van der Waals surface area contributed by atoms with Gasteiger partial charge in [-0.3, -0.25) is 4.79 Å². The molecule has 0 fully saturated rings. The van der Waals surface area contributed by atoms with Crippen LogP contribution in [-0.4, -0.2) is 44.3 Å². The van der Waals surface area contributed by atoms with E-state index < -0.39 is 0 Å². The number of nitrogens with one attached hydrogen (secondary N) is 1. The molecule has 40 heavy (non-hydrogen) atoms. The zero-order chi connectivity index (χ0) is 27.8. The number of hydrogen-bond acceptors (Lipinski definition) is 6. The lowest BCUT2D eigenvalue weighted by Gasteiger charge is -2.10. The third kappa shape index (κ3) is 4.58. The molecule has 0 bridgehead atoms. The number of nitrogen functional groups attached to an aromatic ring is 1. The van der Waals surface area contributed by atoms with E-state index in [0.29, 0.717) is 17.8 Å². The Kier molecular flexibility index (Phi) is 6.31. The molecule has 0 radical (unpaired) electrons. The number of aromatic nitrogens is 5. The van der Waals surface area contributed by atoms with Gasteiger partial charge in [0.2, 0.25) is 5.78 Å². The number of fused-ring (bicyclic) bond motifs is 1. The number of H-pyrrole nitrogens is 1. The van der Waals surface area contributed by atoms with Crippen LogP contribution in [0.25, 0.3) is 27.8 Å². The number of carbonyl (C=O) groups excluding carboxylic acids is 1. The van der Waals surface area contributed by atoms with Crippen LogP contribution in [0, 0.1) is 6.92 Å². The van der Waals surface area contributed by atoms with Gasteiger partial charge < -0.3 is 24.8 Å². The van der Waals surface area contributed by atoms with Gasteiger partial charge in [-0.1, -0.05) is 24.3 Å². The topological polar surface area (TPSA) is 113 Å². The molecular formula is C31H28N6O3. The van der Waals surface area contributed by atoms with E-state index in [1.165, 1.54) is 6.20 Å². The highest BCUT2D eigenvalue weighted by atomic mass is 16.5. The molecule has 9 nitrogen and oxygen atoms in total. The third-order valence-corrected chi connectivity index (χ3v) is 6.94. The molecule has 0 atom stereocenters. The van der Waals surface area contributed by atoms with Crippen LogP contribution in [0.1, 0.15) is 27.4 Å². The first-order valence-electron chi connectivity index (χ1n) is 12.8. The number of nitrogens with zero attached hydrogens (tertiary/aromatic N) is 4. The van der Waals surface area contributed by atoms with Crippen molar-refractivity contribution >= 4 is 22.6 Å². The van der Waals surface area contributed by atoms with E-state index in [4.69, 9.17) is 15.2 Å². The summed E-state index contributed by atoms with van der Waals surface area (Å²) in [6, 6.07) is 23.1. The fraction of sp³-hybridized carbons (Fsp3) is 0.129. The molecule has 3 heterocycles.